The van der Waals surface area contributed by atoms with Crippen LogP contribution in [0.1, 0.15) is 43.1 Å². The average molecular weight is 230 g/mol. The average Bonchev–Trinajstić information content (AvgIpc) is 2.59. The number of nitrogens with zero attached hydrogens (tertiary/aromatic N) is 2. The zero-order valence-corrected chi connectivity index (χ0v) is 10.2. The van der Waals surface area contributed by atoms with E-state index in [0.29, 0.717) is 6.04 Å². The first-order valence-electron chi connectivity index (χ1n) is 6.39. The molecule has 0 saturated carbocycles. The van der Waals surface area contributed by atoms with Gasteiger partial charge in [0.2, 0.25) is 0 Å². The van der Waals surface area contributed by atoms with Gasteiger partial charge < -0.3 is 10.3 Å². The fraction of sp³-hybridized carbons (Fsp3) is 0.538. The van der Waals surface area contributed by atoms with Gasteiger partial charge in [-0.05, 0) is 37.9 Å². The van der Waals surface area contributed by atoms with Crippen molar-refractivity contribution < 1.29 is 0 Å². The summed E-state index contributed by atoms with van der Waals surface area (Å²) in [6.07, 6.45) is 6.86. The molecule has 4 nitrogen and oxygen atoms in total. The van der Waals surface area contributed by atoms with E-state index >= 15 is 0 Å². The smallest absolute Gasteiger partial charge is 0.178 e. The molecule has 1 aliphatic rings. The minimum Gasteiger partial charge on any atom is -0.339 e. The van der Waals surface area contributed by atoms with Crippen molar-refractivity contribution in [2.24, 2.45) is 0 Å². The summed E-state index contributed by atoms with van der Waals surface area (Å²) in [5.41, 5.74) is 3.13. The molecular formula is C13H18N4. The molecule has 2 aromatic rings. The SMILES string of the molecule is Cc1ccnc2nc(C3CCCCCN3)[nH]c12. The maximum Gasteiger partial charge on any atom is 0.178 e. The monoisotopic (exact) mass is 230 g/mol. The molecule has 2 N–H and O–H groups in total. The van der Waals surface area contributed by atoms with Crippen LogP contribution in [0.2, 0.25) is 0 Å². The molecule has 17 heavy (non-hydrogen) atoms. The van der Waals surface area contributed by atoms with Crippen molar-refractivity contribution in [3.05, 3.63) is 23.7 Å². The highest BCUT2D eigenvalue weighted by atomic mass is 15.1. The van der Waals surface area contributed by atoms with E-state index in [2.05, 4.69) is 27.2 Å². The van der Waals surface area contributed by atoms with E-state index in [4.69, 9.17) is 0 Å². The first kappa shape index (κ1) is 10.7. The van der Waals surface area contributed by atoms with Crippen molar-refractivity contribution in [2.75, 3.05) is 6.54 Å². The van der Waals surface area contributed by atoms with Crippen LogP contribution in [0, 0.1) is 6.92 Å². The first-order chi connectivity index (χ1) is 8.34. The lowest BCUT2D eigenvalue weighted by molar-refractivity contribution is 0.513. The maximum absolute atomic E-state index is 4.61. The summed E-state index contributed by atoms with van der Waals surface area (Å²) >= 11 is 0. The third kappa shape index (κ3) is 2.05. The summed E-state index contributed by atoms with van der Waals surface area (Å²) in [4.78, 5) is 12.3. The summed E-state index contributed by atoms with van der Waals surface area (Å²) < 4.78 is 0. The van der Waals surface area contributed by atoms with Crippen LogP contribution < -0.4 is 5.32 Å². The predicted octanol–water partition coefficient (Wildman–Crippen LogP) is 2.47. The number of H-pyrrole nitrogens is 1. The second-order valence-electron chi connectivity index (χ2n) is 4.80. The third-order valence-electron chi connectivity index (χ3n) is 3.51. The number of aromatic amines is 1. The minimum atomic E-state index is 0.367. The molecule has 0 spiro atoms. The molecule has 0 bridgehead atoms. The van der Waals surface area contributed by atoms with Crippen molar-refractivity contribution in [2.45, 2.75) is 38.6 Å². The Morgan fingerprint density at radius 3 is 3.12 bits per heavy atom. The van der Waals surface area contributed by atoms with Gasteiger partial charge in [-0.3, -0.25) is 0 Å². The van der Waals surface area contributed by atoms with E-state index in [1.165, 1.54) is 31.2 Å². The van der Waals surface area contributed by atoms with Gasteiger partial charge in [-0.15, -0.1) is 0 Å². The summed E-state index contributed by atoms with van der Waals surface area (Å²) in [6.45, 7) is 3.18. The number of rotatable bonds is 1. The predicted molar refractivity (Wildman–Crippen MR) is 67.8 cm³/mol. The van der Waals surface area contributed by atoms with Crippen molar-refractivity contribution >= 4 is 11.2 Å². The van der Waals surface area contributed by atoms with Crippen molar-refractivity contribution in [1.82, 2.24) is 20.3 Å². The second-order valence-corrected chi connectivity index (χ2v) is 4.80. The van der Waals surface area contributed by atoms with Crippen molar-refractivity contribution in [1.29, 1.82) is 0 Å². The van der Waals surface area contributed by atoms with Crippen LogP contribution >= 0.6 is 0 Å². The number of nitrogens with one attached hydrogen (secondary N) is 2. The molecule has 1 atom stereocenters. The molecule has 0 aromatic carbocycles. The lowest BCUT2D eigenvalue weighted by Crippen LogP contribution is -2.21. The van der Waals surface area contributed by atoms with Crippen LogP contribution in [-0.2, 0) is 0 Å². The fourth-order valence-electron chi connectivity index (χ4n) is 2.48. The molecule has 0 radical (unpaired) electrons. The lowest BCUT2D eigenvalue weighted by Gasteiger charge is -2.11. The molecule has 1 aliphatic heterocycles. The molecule has 3 heterocycles. The molecule has 90 valence electrons. The quantitative estimate of drug-likeness (QED) is 0.791. The highest BCUT2D eigenvalue weighted by molar-refractivity contribution is 5.74. The first-order valence-corrected chi connectivity index (χ1v) is 6.39. The molecule has 1 saturated heterocycles. The summed E-state index contributed by atoms with van der Waals surface area (Å²) in [5, 5.41) is 3.56. The molecule has 3 rings (SSSR count). The Morgan fingerprint density at radius 2 is 2.24 bits per heavy atom. The van der Waals surface area contributed by atoms with E-state index in [-0.39, 0.29) is 0 Å². The number of aryl methyl sites for hydroxylation is 1. The number of pyridine rings is 1. The van der Waals surface area contributed by atoms with Gasteiger partial charge in [0.15, 0.2) is 5.65 Å². The van der Waals surface area contributed by atoms with Crippen LogP contribution in [0.25, 0.3) is 11.2 Å². The van der Waals surface area contributed by atoms with E-state index in [9.17, 15) is 0 Å². The molecule has 1 unspecified atom stereocenters. The Balaban J connectivity index is 1.96. The standard InChI is InChI=1S/C13H18N4/c1-9-6-8-15-13-11(9)16-12(17-13)10-5-3-2-4-7-14-10/h6,8,10,14H,2-5,7H2,1H3,(H,15,16,17). The number of aromatic nitrogens is 3. The molecular weight excluding hydrogens is 212 g/mol. The second kappa shape index (κ2) is 4.45. The van der Waals surface area contributed by atoms with Gasteiger partial charge in [0.1, 0.15) is 5.82 Å². The maximum atomic E-state index is 4.61. The molecule has 4 heteroatoms. The zero-order valence-electron chi connectivity index (χ0n) is 10.2. The van der Waals surface area contributed by atoms with Gasteiger partial charge in [0, 0.05) is 6.20 Å². The van der Waals surface area contributed by atoms with Crippen LogP contribution in [0.4, 0.5) is 0 Å². The topological polar surface area (TPSA) is 53.6 Å². The Bertz CT molecular complexity index is 509. The van der Waals surface area contributed by atoms with Crippen LogP contribution in [0.3, 0.4) is 0 Å². The molecule has 2 aromatic heterocycles. The van der Waals surface area contributed by atoms with E-state index < -0.39 is 0 Å². The molecule has 0 aliphatic carbocycles. The van der Waals surface area contributed by atoms with E-state index in [1.54, 1.807) is 0 Å². The zero-order chi connectivity index (χ0) is 11.7. The van der Waals surface area contributed by atoms with Gasteiger partial charge in [0.25, 0.3) is 0 Å². The van der Waals surface area contributed by atoms with Crippen LogP contribution in [0.5, 0.6) is 0 Å². The number of fused-ring (bicyclic) bond motifs is 1. The van der Waals surface area contributed by atoms with Gasteiger partial charge >= 0.3 is 0 Å². The Hall–Kier alpha value is -1.42. The fourth-order valence-corrected chi connectivity index (χ4v) is 2.48. The van der Waals surface area contributed by atoms with Gasteiger partial charge in [-0.25, -0.2) is 9.97 Å². The molecule has 0 amide bonds. The largest absolute Gasteiger partial charge is 0.339 e. The van der Waals surface area contributed by atoms with Crippen molar-refractivity contribution in [3.63, 3.8) is 0 Å². The number of hydrogen-bond acceptors (Lipinski definition) is 3. The van der Waals surface area contributed by atoms with Gasteiger partial charge in [0.05, 0.1) is 11.6 Å². The third-order valence-corrected chi connectivity index (χ3v) is 3.51. The van der Waals surface area contributed by atoms with E-state index in [0.717, 1.165) is 23.5 Å². The van der Waals surface area contributed by atoms with Gasteiger partial charge in [-0.1, -0.05) is 12.8 Å². The minimum absolute atomic E-state index is 0.367. The number of hydrogen-bond donors (Lipinski definition) is 2. The lowest BCUT2D eigenvalue weighted by atomic mass is 10.1. The number of imidazole rings is 1. The summed E-state index contributed by atoms with van der Waals surface area (Å²) in [7, 11) is 0. The van der Waals surface area contributed by atoms with Crippen LogP contribution in [0.15, 0.2) is 12.3 Å². The summed E-state index contributed by atoms with van der Waals surface area (Å²) in [6, 6.07) is 2.39. The van der Waals surface area contributed by atoms with E-state index in [1.807, 2.05) is 12.3 Å². The van der Waals surface area contributed by atoms with Crippen molar-refractivity contribution in [3.8, 4) is 0 Å². The normalized spacial score (nSPS) is 21.6. The highest BCUT2D eigenvalue weighted by Gasteiger charge is 2.17. The Kier molecular flexibility index (Phi) is 2.81. The van der Waals surface area contributed by atoms with Crippen LogP contribution in [-0.4, -0.2) is 21.5 Å². The van der Waals surface area contributed by atoms with Gasteiger partial charge in [-0.2, -0.15) is 0 Å². The Labute approximate surface area is 101 Å². The molecule has 1 fully saturated rings. The summed E-state index contributed by atoms with van der Waals surface area (Å²) in [5.74, 6) is 1.05. The highest BCUT2D eigenvalue weighted by Crippen LogP contribution is 2.23. The Morgan fingerprint density at radius 1 is 1.29 bits per heavy atom.